The van der Waals surface area contributed by atoms with E-state index in [1.54, 1.807) is 0 Å². The zero-order chi connectivity index (χ0) is 19.4. The molecule has 0 aromatic heterocycles. The van der Waals surface area contributed by atoms with Crippen LogP contribution >= 0.6 is 0 Å². The maximum absolute atomic E-state index is 12.9. The van der Waals surface area contributed by atoms with Gasteiger partial charge in [0.2, 0.25) is 0 Å². The minimum atomic E-state index is -0.718. The lowest BCUT2D eigenvalue weighted by Gasteiger charge is -2.38. The highest BCUT2D eigenvalue weighted by atomic mass is 16.6. The van der Waals surface area contributed by atoms with Gasteiger partial charge >= 0.3 is 5.97 Å². The smallest absolute Gasteiger partial charge is 0.350 e. The Morgan fingerprint density at radius 2 is 1.26 bits per heavy atom. The Hall–Kier alpha value is -2.86. The van der Waals surface area contributed by atoms with Gasteiger partial charge in [-0.25, -0.2) is 4.79 Å². The standard InChI is InChI=1S/C23H25NO2.CH4/c1-22(2,3)23(4,5)26-21(25)19(16-24)20(17-12-8-6-9-13-17)18-14-10-7-11-15-18;/h6-15H,1-5H3;1H4. The number of hydrogen-bond donors (Lipinski definition) is 0. The quantitative estimate of drug-likeness (QED) is 0.379. The molecular weight excluding hydrogens is 334 g/mol. The van der Waals surface area contributed by atoms with Crippen LogP contribution in [0.25, 0.3) is 5.57 Å². The van der Waals surface area contributed by atoms with Gasteiger partial charge in [0.15, 0.2) is 0 Å². The molecule has 0 bridgehead atoms. The van der Waals surface area contributed by atoms with Crippen LogP contribution in [-0.4, -0.2) is 11.6 Å². The highest BCUT2D eigenvalue weighted by Gasteiger charge is 2.37. The van der Waals surface area contributed by atoms with Gasteiger partial charge in [0.1, 0.15) is 17.2 Å². The van der Waals surface area contributed by atoms with Gasteiger partial charge in [-0.2, -0.15) is 5.26 Å². The number of esters is 1. The van der Waals surface area contributed by atoms with Gasteiger partial charge in [-0.3, -0.25) is 0 Å². The molecule has 0 aliphatic carbocycles. The molecule has 0 saturated heterocycles. The predicted molar refractivity (Wildman–Crippen MR) is 111 cm³/mol. The summed E-state index contributed by atoms with van der Waals surface area (Å²) in [6.07, 6.45) is 0. The van der Waals surface area contributed by atoms with Crippen molar-refractivity contribution in [1.82, 2.24) is 0 Å². The van der Waals surface area contributed by atoms with E-state index in [9.17, 15) is 10.1 Å². The van der Waals surface area contributed by atoms with Gasteiger partial charge in [-0.1, -0.05) is 88.9 Å². The van der Waals surface area contributed by atoms with Crippen molar-refractivity contribution in [3.05, 3.63) is 77.4 Å². The first-order valence-electron chi connectivity index (χ1n) is 8.66. The fourth-order valence-corrected chi connectivity index (χ4v) is 2.30. The minimum absolute atomic E-state index is 0. The molecule has 0 amide bonds. The molecule has 142 valence electrons. The molecule has 0 heterocycles. The van der Waals surface area contributed by atoms with Gasteiger partial charge in [0.25, 0.3) is 0 Å². The molecule has 2 aromatic rings. The summed E-state index contributed by atoms with van der Waals surface area (Å²) in [5.74, 6) is -0.602. The lowest BCUT2D eigenvalue weighted by atomic mass is 9.79. The summed E-state index contributed by atoms with van der Waals surface area (Å²) < 4.78 is 5.76. The summed E-state index contributed by atoms with van der Waals surface area (Å²) in [5, 5.41) is 9.78. The van der Waals surface area contributed by atoms with Crippen LogP contribution in [0.4, 0.5) is 0 Å². The van der Waals surface area contributed by atoms with E-state index in [0.717, 1.165) is 11.1 Å². The molecule has 0 unspecified atom stereocenters. The summed E-state index contributed by atoms with van der Waals surface area (Å²) in [5.41, 5.74) is 1.23. The minimum Gasteiger partial charge on any atom is -0.455 e. The third kappa shape index (κ3) is 5.08. The van der Waals surface area contributed by atoms with Crippen LogP contribution in [0.3, 0.4) is 0 Å². The molecule has 0 radical (unpaired) electrons. The molecule has 27 heavy (non-hydrogen) atoms. The van der Waals surface area contributed by atoms with E-state index in [2.05, 4.69) is 6.07 Å². The van der Waals surface area contributed by atoms with Crippen LogP contribution in [0.2, 0.25) is 0 Å². The van der Waals surface area contributed by atoms with E-state index in [-0.39, 0.29) is 18.4 Å². The van der Waals surface area contributed by atoms with E-state index in [0.29, 0.717) is 5.57 Å². The summed E-state index contributed by atoms with van der Waals surface area (Å²) in [6.45, 7) is 9.75. The normalized spacial score (nSPS) is 11.0. The first-order valence-corrected chi connectivity index (χ1v) is 8.66. The van der Waals surface area contributed by atoms with Crippen molar-refractivity contribution < 1.29 is 9.53 Å². The topological polar surface area (TPSA) is 50.1 Å². The molecule has 0 aliphatic rings. The molecule has 0 aliphatic heterocycles. The molecular formula is C24H29NO2. The average molecular weight is 364 g/mol. The average Bonchev–Trinajstić information content (AvgIpc) is 2.59. The van der Waals surface area contributed by atoms with Gasteiger partial charge in [-0.05, 0) is 25.0 Å². The predicted octanol–water partition coefficient (Wildman–Crippen LogP) is 6.02. The van der Waals surface area contributed by atoms with Crippen molar-refractivity contribution >= 4 is 11.5 Å². The number of nitriles is 1. The second-order valence-electron chi connectivity index (χ2n) is 7.74. The Morgan fingerprint density at radius 3 is 1.59 bits per heavy atom. The molecule has 0 saturated carbocycles. The Kier molecular flexibility index (Phi) is 7.13. The summed E-state index contributed by atoms with van der Waals surface area (Å²) in [6, 6.07) is 21.0. The van der Waals surface area contributed by atoms with Crippen LogP contribution in [0.15, 0.2) is 66.2 Å². The number of hydrogen-bond acceptors (Lipinski definition) is 3. The van der Waals surface area contributed by atoms with Crippen molar-refractivity contribution in [1.29, 1.82) is 5.26 Å². The Morgan fingerprint density at radius 1 is 0.852 bits per heavy atom. The zero-order valence-corrected chi connectivity index (χ0v) is 16.0. The second kappa shape index (κ2) is 8.68. The molecule has 3 heteroatoms. The number of carbonyl (C=O) groups is 1. The second-order valence-corrected chi connectivity index (χ2v) is 7.74. The fourth-order valence-electron chi connectivity index (χ4n) is 2.30. The summed E-state index contributed by atoms with van der Waals surface area (Å²) >= 11 is 0. The number of carbonyl (C=O) groups excluding carboxylic acids is 1. The third-order valence-electron chi connectivity index (χ3n) is 4.84. The first-order chi connectivity index (χ1) is 12.2. The molecule has 2 aromatic carbocycles. The molecule has 0 spiro atoms. The summed E-state index contributed by atoms with van der Waals surface area (Å²) in [7, 11) is 0. The maximum atomic E-state index is 12.9. The van der Waals surface area contributed by atoms with E-state index in [4.69, 9.17) is 4.74 Å². The van der Waals surface area contributed by atoms with Crippen molar-refractivity contribution in [2.24, 2.45) is 5.41 Å². The lowest BCUT2D eigenvalue weighted by molar-refractivity contribution is -0.161. The Balaban J connectivity index is 0.00000364. The van der Waals surface area contributed by atoms with Crippen molar-refractivity contribution in [3.63, 3.8) is 0 Å². The SMILES string of the molecule is C.CC(C)(C)C(C)(C)OC(=O)C(C#N)=C(c1ccccc1)c1ccccc1. The van der Waals surface area contributed by atoms with Gasteiger partial charge in [-0.15, -0.1) is 0 Å². The number of nitrogens with zero attached hydrogens (tertiary/aromatic N) is 1. The monoisotopic (exact) mass is 363 g/mol. The van der Waals surface area contributed by atoms with E-state index < -0.39 is 11.6 Å². The number of ether oxygens (including phenoxy) is 1. The van der Waals surface area contributed by atoms with Gasteiger partial charge in [0.05, 0.1) is 0 Å². The number of benzene rings is 2. The molecule has 0 atom stereocenters. The molecule has 0 fully saturated rings. The Labute approximate surface area is 163 Å². The maximum Gasteiger partial charge on any atom is 0.350 e. The third-order valence-corrected chi connectivity index (χ3v) is 4.84. The van der Waals surface area contributed by atoms with Crippen LogP contribution < -0.4 is 0 Å². The zero-order valence-electron chi connectivity index (χ0n) is 16.0. The number of rotatable bonds is 4. The van der Waals surface area contributed by atoms with E-state index >= 15 is 0 Å². The van der Waals surface area contributed by atoms with Crippen molar-refractivity contribution in [2.75, 3.05) is 0 Å². The van der Waals surface area contributed by atoms with Gasteiger partial charge < -0.3 is 4.74 Å². The highest BCUT2D eigenvalue weighted by molar-refractivity contribution is 6.05. The van der Waals surface area contributed by atoms with Crippen LogP contribution in [0.5, 0.6) is 0 Å². The Bertz CT molecular complexity index is 794. The van der Waals surface area contributed by atoms with Crippen molar-refractivity contribution in [3.8, 4) is 6.07 Å². The molecule has 0 N–H and O–H groups in total. The lowest BCUT2D eigenvalue weighted by Crippen LogP contribution is -2.41. The van der Waals surface area contributed by atoms with Crippen molar-refractivity contribution in [2.45, 2.75) is 47.6 Å². The van der Waals surface area contributed by atoms with E-state index in [1.165, 1.54) is 0 Å². The van der Waals surface area contributed by atoms with E-state index in [1.807, 2.05) is 95.3 Å². The fraction of sp³-hybridized carbons (Fsp3) is 0.333. The van der Waals surface area contributed by atoms with Crippen LogP contribution in [0, 0.1) is 16.7 Å². The van der Waals surface area contributed by atoms with Crippen LogP contribution in [0.1, 0.15) is 53.2 Å². The highest BCUT2D eigenvalue weighted by Crippen LogP contribution is 2.35. The molecule has 3 nitrogen and oxygen atoms in total. The first kappa shape index (κ1) is 22.2. The van der Waals surface area contributed by atoms with Gasteiger partial charge in [0, 0.05) is 11.0 Å². The molecule has 2 rings (SSSR count). The summed E-state index contributed by atoms with van der Waals surface area (Å²) in [4.78, 5) is 12.9. The largest absolute Gasteiger partial charge is 0.455 e. The van der Waals surface area contributed by atoms with Crippen LogP contribution in [-0.2, 0) is 9.53 Å².